The number of aliphatic hydroxyl groups is 1. The molecule has 0 aliphatic carbocycles. The Balaban J connectivity index is 1.17. The van der Waals surface area contributed by atoms with Crippen LogP contribution in [0.25, 0.3) is 0 Å². The van der Waals surface area contributed by atoms with E-state index in [4.69, 9.17) is 29.4 Å². The molecule has 1 aromatic rings. The zero-order valence-corrected chi connectivity index (χ0v) is 50.0. The molecule has 0 unspecified atom stereocenters. The third-order valence-electron chi connectivity index (χ3n) is 14.4. The number of amides is 8. The summed E-state index contributed by atoms with van der Waals surface area (Å²) in [6.45, 7) is 12.8. The Morgan fingerprint density at radius 1 is 0.902 bits per heavy atom. The van der Waals surface area contributed by atoms with Crippen LogP contribution in [0, 0.1) is 17.8 Å². The number of ketones is 2. The normalized spacial score (nSPS) is 23.5. The first kappa shape index (κ1) is 68.3. The summed E-state index contributed by atoms with van der Waals surface area (Å²) in [7, 11) is 0. The number of alkyl carbamates (subject to hydrolysis) is 1. The number of carbonyl (C=O) groups is 9. The van der Waals surface area contributed by atoms with E-state index in [-0.39, 0.29) is 99.1 Å². The smallest absolute Gasteiger partial charge is 0.408 e. The predicted octanol–water partition coefficient (Wildman–Crippen LogP) is 5.56. The van der Waals surface area contributed by atoms with Gasteiger partial charge in [0, 0.05) is 63.4 Å². The van der Waals surface area contributed by atoms with Crippen LogP contribution in [0.5, 0.6) is 0 Å². The van der Waals surface area contributed by atoms with Crippen molar-refractivity contribution in [3.05, 3.63) is 65.8 Å². The average molecular weight is 1220 g/mol. The van der Waals surface area contributed by atoms with Crippen LogP contribution in [0.1, 0.15) is 131 Å². The van der Waals surface area contributed by atoms with E-state index in [1.54, 1.807) is 37.3 Å². The van der Waals surface area contributed by atoms with Gasteiger partial charge in [0.1, 0.15) is 36.3 Å². The van der Waals surface area contributed by atoms with E-state index in [1.165, 1.54) is 19.1 Å². The van der Waals surface area contributed by atoms with E-state index in [1.807, 2.05) is 33.8 Å². The summed E-state index contributed by atoms with van der Waals surface area (Å²) < 4.78 is 28.6. The van der Waals surface area contributed by atoms with Crippen LogP contribution in [-0.4, -0.2) is 145 Å². The van der Waals surface area contributed by atoms with Crippen molar-refractivity contribution in [2.45, 2.75) is 186 Å². The maximum Gasteiger partial charge on any atom is 0.408 e. The molecule has 82 heavy (non-hydrogen) atoms. The van der Waals surface area contributed by atoms with Gasteiger partial charge in [0.15, 0.2) is 5.78 Å². The molecule has 3 saturated heterocycles. The molecule has 10 N–H and O–H groups in total. The molecule has 3 fully saturated rings. The lowest BCUT2D eigenvalue weighted by Crippen LogP contribution is -2.53. The van der Waals surface area contributed by atoms with Gasteiger partial charge in [-0.05, 0) is 94.9 Å². The summed E-state index contributed by atoms with van der Waals surface area (Å²) in [5.41, 5.74) is 6.37. The predicted molar refractivity (Wildman–Crippen MR) is 309 cm³/mol. The van der Waals surface area contributed by atoms with Gasteiger partial charge in [0.05, 0.1) is 49.0 Å². The van der Waals surface area contributed by atoms with Gasteiger partial charge in [-0.3, -0.25) is 28.8 Å². The highest BCUT2D eigenvalue weighted by molar-refractivity contribution is 9.09. The Morgan fingerprint density at radius 3 is 2.27 bits per heavy atom. The minimum Gasteiger partial charge on any atom is -0.459 e. The number of hydrogen-bond acceptors (Lipinski definition) is 15. The standard InChI is InChI=1S/C58H87BrN8O15/c1-35(2)52(67-50(71)15-11-9-8-10-14-44(69)30-59)47(70)28-42(13-12-26-61-55(60)75)54(74)65-43-21-19-41(20-22-43)32-78-57(77)64-34-63-56(76)62-31-45-29-58(33-79-58)53(73)49(82-45)24-17-36(3)16-23-48-37(4)27-46(39(6)81-48)66-51(72)25-18-38(5)80-40(7)68/h16-22,24-25,35,37-39,42,45-46,48-49,52-53,73H,8-15,23,26-34H2,1-7H3,(H,64,77)(H,65,74)(H,66,72)(H,67,71)(H3,60,61,75)(H2,62,63,76)/b24-17+,25-18-,36-16+/t37-,38-,39+,42+,45-,46+,48-,49+,52-,53+,58+/m0/s1. The van der Waals surface area contributed by atoms with Crippen molar-refractivity contribution in [2.24, 2.45) is 23.5 Å². The molecule has 8 amide bonds. The fourth-order valence-corrected chi connectivity index (χ4v) is 9.91. The highest BCUT2D eigenvalue weighted by atomic mass is 79.9. The molecule has 3 heterocycles. The number of anilines is 1. The van der Waals surface area contributed by atoms with Crippen molar-refractivity contribution < 1.29 is 71.9 Å². The lowest BCUT2D eigenvalue weighted by molar-refractivity contribution is -0.143. The third kappa shape index (κ3) is 25.1. The van der Waals surface area contributed by atoms with Crippen molar-refractivity contribution in [3.8, 4) is 0 Å². The number of benzene rings is 1. The Morgan fingerprint density at radius 2 is 1.61 bits per heavy atom. The molecule has 0 saturated carbocycles. The van der Waals surface area contributed by atoms with Gasteiger partial charge in [0.2, 0.25) is 17.7 Å². The molecule has 0 bridgehead atoms. The number of carbonyl (C=O) groups excluding carboxylic acids is 9. The minimum absolute atomic E-state index is 0.0803. The number of nitrogens with two attached hydrogens (primary N) is 1. The van der Waals surface area contributed by atoms with Gasteiger partial charge in [-0.25, -0.2) is 14.4 Å². The van der Waals surface area contributed by atoms with Crippen LogP contribution in [0.15, 0.2) is 60.2 Å². The first-order chi connectivity index (χ1) is 39.0. The summed E-state index contributed by atoms with van der Waals surface area (Å²) in [6.07, 6.45) is 10.7. The van der Waals surface area contributed by atoms with E-state index < -0.39 is 72.0 Å². The Kier molecular flexibility index (Phi) is 29.2. The van der Waals surface area contributed by atoms with E-state index >= 15 is 0 Å². The zero-order valence-electron chi connectivity index (χ0n) is 48.4. The van der Waals surface area contributed by atoms with Crippen LogP contribution < -0.4 is 43.0 Å². The largest absolute Gasteiger partial charge is 0.459 e. The van der Waals surface area contributed by atoms with Gasteiger partial charge >= 0.3 is 24.1 Å². The number of ether oxygens (including phenoxy) is 5. The van der Waals surface area contributed by atoms with E-state index in [0.29, 0.717) is 55.3 Å². The van der Waals surface area contributed by atoms with E-state index in [2.05, 4.69) is 66.1 Å². The highest BCUT2D eigenvalue weighted by Crippen LogP contribution is 2.42. The lowest BCUT2D eigenvalue weighted by Gasteiger charge is -2.39. The van der Waals surface area contributed by atoms with Crippen LogP contribution in [0.4, 0.5) is 20.1 Å². The van der Waals surface area contributed by atoms with Crippen LogP contribution in [0.3, 0.4) is 0 Å². The van der Waals surface area contributed by atoms with Crippen molar-refractivity contribution in [1.82, 2.24) is 31.9 Å². The topological polar surface area (TPSA) is 334 Å². The number of esters is 1. The first-order valence-electron chi connectivity index (χ1n) is 28.4. The number of alkyl halides is 1. The molecule has 23 nitrogen and oxygen atoms in total. The van der Waals surface area contributed by atoms with Crippen molar-refractivity contribution in [1.29, 1.82) is 0 Å². The summed E-state index contributed by atoms with van der Waals surface area (Å²) in [4.78, 5) is 112. The van der Waals surface area contributed by atoms with Gasteiger partial charge in [0.25, 0.3) is 0 Å². The number of primary amides is 1. The number of aliphatic hydroxyl groups excluding tert-OH is 1. The average Bonchev–Trinajstić information content (AvgIpc) is 2.82. The van der Waals surface area contributed by atoms with Crippen molar-refractivity contribution in [3.63, 3.8) is 0 Å². The molecule has 3 aliphatic heterocycles. The number of nitrogens with one attached hydrogen (secondary N) is 7. The van der Waals surface area contributed by atoms with Crippen molar-refractivity contribution in [2.75, 3.05) is 37.0 Å². The Bertz CT molecular complexity index is 2400. The zero-order chi connectivity index (χ0) is 60.4. The van der Waals surface area contributed by atoms with Gasteiger partial charge in [-0.15, -0.1) is 0 Å². The summed E-state index contributed by atoms with van der Waals surface area (Å²) in [5.74, 6) is -2.47. The number of urea groups is 2. The van der Waals surface area contributed by atoms with Gasteiger partial charge < -0.3 is 71.7 Å². The molecule has 0 aromatic heterocycles. The van der Waals surface area contributed by atoms with Crippen molar-refractivity contribution >= 4 is 75.0 Å². The second-order valence-electron chi connectivity index (χ2n) is 21.8. The van der Waals surface area contributed by atoms with Gasteiger partial charge in [-0.1, -0.05) is 85.5 Å². The summed E-state index contributed by atoms with van der Waals surface area (Å²) in [5, 5.41) is 30.4. The second-order valence-corrected chi connectivity index (χ2v) is 22.4. The molecule has 4 rings (SSSR count). The molecule has 3 aliphatic rings. The number of allylic oxidation sites excluding steroid dienone is 2. The van der Waals surface area contributed by atoms with Crippen LogP contribution in [0.2, 0.25) is 0 Å². The lowest BCUT2D eigenvalue weighted by atomic mass is 9.87. The van der Waals surface area contributed by atoms with Gasteiger partial charge in [-0.2, -0.15) is 0 Å². The third-order valence-corrected chi connectivity index (χ3v) is 15.0. The fourth-order valence-electron chi connectivity index (χ4n) is 9.63. The maximum atomic E-state index is 13.7. The minimum atomic E-state index is -0.921. The molecule has 456 valence electrons. The van der Waals surface area contributed by atoms with Crippen LogP contribution >= 0.6 is 15.9 Å². The Labute approximate surface area is 489 Å². The first-order valence-corrected chi connectivity index (χ1v) is 29.5. The number of halogens is 1. The number of rotatable bonds is 33. The highest BCUT2D eigenvalue weighted by Gasteiger charge is 2.58. The maximum absolute atomic E-state index is 13.7. The molecule has 24 heteroatoms. The number of unbranched alkanes of at least 4 members (excludes halogenated alkanes) is 3. The quantitative estimate of drug-likeness (QED) is 0.00791. The monoisotopic (exact) mass is 1210 g/mol. The molecular formula is C58H87BrN8O15. The number of hydrogen-bond donors (Lipinski definition) is 9. The van der Waals surface area contributed by atoms with Crippen LogP contribution in [-0.2, 0) is 59.1 Å². The molecule has 1 spiro atoms. The van der Waals surface area contributed by atoms with E-state index in [9.17, 15) is 48.3 Å². The molecular weight excluding hydrogens is 1130 g/mol. The SMILES string of the molecule is CC(=O)O[C@@H](C)/C=C\C(=O)N[C@@H]1C[C@H](C)[C@H](C/C=C(C)/C=C/[C@H]2O[C@H](CNC(=O)NCNC(=O)OCc3ccc(NC(=O)[C@H](CCCNC(N)=O)CC(=O)[C@@H](NC(=O)CCCCCCC(=O)CBr)C(C)C)cc3)C[C@@]3(CO3)[C@@H]2O)O[C@@H]1C. The summed E-state index contributed by atoms with van der Waals surface area (Å²) >= 11 is 3.16. The Hall–Kier alpha value is -6.21. The molecule has 0 radical (unpaired) electrons. The van der Waals surface area contributed by atoms with E-state index in [0.717, 1.165) is 31.3 Å². The number of epoxide rings is 1. The number of Topliss-reactive ketones (excluding diaryl/α,β-unsaturated/α-hetero) is 2. The second kappa shape index (κ2) is 35.0. The molecule has 11 atom stereocenters. The fraction of sp³-hybridized carbons (Fsp3) is 0.638. The summed E-state index contributed by atoms with van der Waals surface area (Å²) in [6, 6.07) is 4.24. The molecule has 1 aromatic carbocycles.